The number of nitrogens with two attached hydrogens (primary N) is 1. The van der Waals surface area contributed by atoms with Gasteiger partial charge in [0.25, 0.3) is 5.91 Å². The smallest absolute Gasteiger partial charge is 0.255 e. The monoisotopic (exact) mass is 463 g/mol. The van der Waals surface area contributed by atoms with Crippen molar-refractivity contribution >= 4 is 29.2 Å². The van der Waals surface area contributed by atoms with Crippen LogP contribution in [0.15, 0.2) is 72.9 Å². The first kappa shape index (κ1) is 22.8. The van der Waals surface area contributed by atoms with E-state index in [0.717, 1.165) is 11.1 Å². The van der Waals surface area contributed by atoms with Gasteiger partial charge in [0, 0.05) is 38.9 Å². The molecule has 0 spiro atoms. The summed E-state index contributed by atoms with van der Waals surface area (Å²) in [4.78, 5) is 34.0. The quantitative estimate of drug-likeness (QED) is 0.586. The van der Waals surface area contributed by atoms with Crippen LogP contribution in [0, 0.1) is 0 Å². The summed E-state index contributed by atoms with van der Waals surface area (Å²) in [7, 11) is 0. The zero-order valence-corrected chi connectivity index (χ0v) is 18.9. The van der Waals surface area contributed by atoms with Crippen molar-refractivity contribution in [3.05, 3.63) is 94.6 Å². The van der Waals surface area contributed by atoms with E-state index in [4.69, 9.17) is 17.3 Å². The van der Waals surface area contributed by atoms with Gasteiger partial charge in [0.15, 0.2) is 0 Å². The van der Waals surface area contributed by atoms with E-state index in [1.54, 1.807) is 11.0 Å². The molecule has 2 heterocycles. The Balaban J connectivity index is 1.44. The Labute approximate surface area is 198 Å². The molecule has 2 aromatic carbocycles. The fourth-order valence-electron chi connectivity index (χ4n) is 3.98. The minimum atomic E-state index is -0.431. The molecule has 7 nitrogen and oxygen atoms in total. The highest BCUT2D eigenvalue weighted by atomic mass is 35.5. The van der Waals surface area contributed by atoms with Gasteiger partial charge in [-0.25, -0.2) is 4.98 Å². The van der Waals surface area contributed by atoms with Crippen molar-refractivity contribution in [2.45, 2.75) is 12.6 Å². The number of nitrogens with one attached hydrogen (secondary N) is 1. The Morgan fingerprint density at radius 3 is 2.27 bits per heavy atom. The minimum Gasteiger partial charge on any atom is -0.382 e. The summed E-state index contributed by atoms with van der Waals surface area (Å²) in [5.41, 5.74) is 8.03. The third-order valence-electron chi connectivity index (χ3n) is 5.76. The van der Waals surface area contributed by atoms with Gasteiger partial charge in [-0.3, -0.25) is 14.5 Å². The van der Waals surface area contributed by atoms with Crippen LogP contribution in [0.2, 0.25) is 5.02 Å². The van der Waals surface area contributed by atoms with E-state index in [1.165, 1.54) is 6.20 Å². The number of benzene rings is 2. The summed E-state index contributed by atoms with van der Waals surface area (Å²) >= 11 is 6.03. The summed E-state index contributed by atoms with van der Waals surface area (Å²) < 4.78 is 0. The number of anilines is 1. The summed E-state index contributed by atoms with van der Waals surface area (Å²) in [5, 5.41) is 3.33. The highest BCUT2D eigenvalue weighted by molar-refractivity contribution is 6.33. The number of hydrogen-bond acceptors (Lipinski definition) is 5. The summed E-state index contributed by atoms with van der Waals surface area (Å²) in [6.45, 7) is 2.60. The molecule has 8 heteroatoms. The van der Waals surface area contributed by atoms with Gasteiger partial charge in [-0.15, -0.1) is 0 Å². The zero-order valence-electron chi connectivity index (χ0n) is 18.2. The molecule has 1 aliphatic heterocycles. The lowest BCUT2D eigenvalue weighted by Crippen LogP contribution is -2.52. The van der Waals surface area contributed by atoms with Crippen molar-refractivity contribution in [1.82, 2.24) is 20.1 Å². The summed E-state index contributed by atoms with van der Waals surface area (Å²) in [6, 6.07) is 20.7. The molecule has 0 radical (unpaired) electrons. The molecular formula is C25H26ClN5O2. The molecule has 0 saturated carbocycles. The van der Waals surface area contributed by atoms with Gasteiger partial charge in [0.1, 0.15) is 11.9 Å². The van der Waals surface area contributed by atoms with E-state index >= 15 is 0 Å². The standard InChI is InChI=1S/C25H26ClN5O2/c26-21-15-20(17-28-23(21)27)25(33)31-13-11-30(12-14-31)22(19-9-5-2-6-10-19)24(32)29-16-18-7-3-1-4-8-18/h1-10,15,17,22H,11-14,16H2,(H2,27,28)(H,29,32). The maximum atomic E-state index is 13.3. The molecule has 1 aliphatic rings. The van der Waals surface area contributed by atoms with Crippen molar-refractivity contribution in [2.24, 2.45) is 0 Å². The van der Waals surface area contributed by atoms with Crippen LogP contribution >= 0.6 is 11.6 Å². The molecule has 3 aromatic rings. The average Bonchev–Trinajstić information content (AvgIpc) is 2.86. The van der Waals surface area contributed by atoms with Crippen LogP contribution in [-0.4, -0.2) is 52.8 Å². The van der Waals surface area contributed by atoms with Crippen LogP contribution in [0.5, 0.6) is 0 Å². The predicted molar refractivity (Wildman–Crippen MR) is 129 cm³/mol. The Morgan fingerprint density at radius 2 is 1.64 bits per heavy atom. The van der Waals surface area contributed by atoms with Crippen LogP contribution in [0.3, 0.4) is 0 Å². The second-order valence-electron chi connectivity index (χ2n) is 7.94. The van der Waals surface area contributed by atoms with E-state index < -0.39 is 6.04 Å². The van der Waals surface area contributed by atoms with Gasteiger partial charge in [-0.2, -0.15) is 0 Å². The minimum absolute atomic E-state index is 0.0562. The molecule has 2 amide bonds. The fraction of sp³-hybridized carbons (Fsp3) is 0.240. The van der Waals surface area contributed by atoms with Gasteiger partial charge >= 0.3 is 0 Å². The van der Waals surface area contributed by atoms with Crippen LogP contribution in [0.4, 0.5) is 5.82 Å². The maximum absolute atomic E-state index is 13.3. The molecule has 33 heavy (non-hydrogen) atoms. The maximum Gasteiger partial charge on any atom is 0.255 e. The topological polar surface area (TPSA) is 91.6 Å². The Hall–Kier alpha value is -3.42. The second kappa shape index (κ2) is 10.5. The van der Waals surface area contributed by atoms with Gasteiger partial charge < -0.3 is 16.0 Å². The zero-order chi connectivity index (χ0) is 23.2. The van der Waals surface area contributed by atoms with E-state index in [9.17, 15) is 9.59 Å². The average molecular weight is 464 g/mol. The summed E-state index contributed by atoms with van der Waals surface area (Å²) in [5.74, 6) is -0.00144. The number of carbonyl (C=O) groups is 2. The van der Waals surface area contributed by atoms with E-state index in [1.807, 2.05) is 60.7 Å². The van der Waals surface area contributed by atoms with E-state index in [0.29, 0.717) is 38.3 Å². The SMILES string of the molecule is Nc1ncc(C(=O)N2CCN(C(C(=O)NCc3ccccc3)c3ccccc3)CC2)cc1Cl. The van der Waals surface area contributed by atoms with Crippen LogP contribution in [0.1, 0.15) is 27.5 Å². The Bertz CT molecular complexity index is 1100. The van der Waals surface area contributed by atoms with Gasteiger partial charge in [-0.05, 0) is 17.2 Å². The molecule has 3 N–H and O–H groups in total. The number of halogens is 1. The van der Waals surface area contributed by atoms with Crippen molar-refractivity contribution in [2.75, 3.05) is 31.9 Å². The molecule has 170 valence electrons. The highest BCUT2D eigenvalue weighted by Crippen LogP contribution is 2.24. The normalized spacial score (nSPS) is 15.1. The highest BCUT2D eigenvalue weighted by Gasteiger charge is 2.32. The number of hydrogen-bond donors (Lipinski definition) is 2. The largest absolute Gasteiger partial charge is 0.382 e. The summed E-state index contributed by atoms with van der Waals surface area (Å²) in [6.07, 6.45) is 1.44. The lowest BCUT2D eigenvalue weighted by Gasteiger charge is -2.38. The number of pyridine rings is 1. The first-order chi connectivity index (χ1) is 16.0. The van der Waals surface area contributed by atoms with Gasteiger partial charge in [0.05, 0.1) is 10.6 Å². The number of piperazine rings is 1. The third-order valence-corrected chi connectivity index (χ3v) is 6.06. The van der Waals surface area contributed by atoms with Crippen LogP contribution < -0.4 is 11.1 Å². The van der Waals surface area contributed by atoms with Crippen molar-refractivity contribution in [3.8, 4) is 0 Å². The van der Waals surface area contributed by atoms with Crippen molar-refractivity contribution in [1.29, 1.82) is 0 Å². The van der Waals surface area contributed by atoms with Gasteiger partial charge in [0.2, 0.25) is 5.91 Å². The van der Waals surface area contributed by atoms with Crippen molar-refractivity contribution in [3.63, 3.8) is 0 Å². The van der Waals surface area contributed by atoms with Gasteiger partial charge in [-0.1, -0.05) is 72.3 Å². The number of rotatable bonds is 6. The van der Waals surface area contributed by atoms with Crippen LogP contribution in [-0.2, 0) is 11.3 Å². The molecule has 0 bridgehead atoms. The second-order valence-corrected chi connectivity index (χ2v) is 8.34. The number of nitrogen functional groups attached to an aromatic ring is 1. The molecule has 0 aliphatic carbocycles. The Kier molecular flexibility index (Phi) is 7.22. The van der Waals surface area contributed by atoms with E-state index in [-0.39, 0.29) is 22.7 Å². The van der Waals surface area contributed by atoms with Crippen LogP contribution in [0.25, 0.3) is 0 Å². The molecule has 1 unspecified atom stereocenters. The number of amides is 2. The molecule has 4 rings (SSSR count). The fourth-order valence-corrected chi connectivity index (χ4v) is 4.14. The molecule has 1 saturated heterocycles. The van der Waals surface area contributed by atoms with E-state index in [2.05, 4.69) is 15.2 Å². The first-order valence-corrected chi connectivity index (χ1v) is 11.2. The number of nitrogens with zero attached hydrogens (tertiary/aromatic N) is 3. The number of carbonyl (C=O) groups excluding carboxylic acids is 2. The van der Waals surface area contributed by atoms with Crippen molar-refractivity contribution < 1.29 is 9.59 Å². The first-order valence-electron chi connectivity index (χ1n) is 10.8. The lowest BCUT2D eigenvalue weighted by atomic mass is 10.0. The Morgan fingerprint density at radius 1 is 1.00 bits per heavy atom. The molecule has 1 aromatic heterocycles. The number of aromatic nitrogens is 1. The lowest BCUT2D eigenvalue weighted by molar-refractivity contribution is -0.127. The molecule has 1 fully saturated rings. The molecule has 1 atom stereocenters. The third kappa shape index (κ3) is 5.50. The predicted octanol–water partition coefficient (Wildman–Crippen LogP) is 3.13. The molecular weight excluding hydrogens is 438 g/mol.